The van der Waals surface area contributed by atoms with Crippen molar-refractivity contribution in [3.63, 3.8) is 0 Å². The number of nitrogens with one attached hydrogen (secondary N) is 1. The second kappa shape index (κ2) is 9.05. The average Bonchev–Trinajstić information content (AvgIpc) is 2.58. The van der Waals surface area contributed by atoms with Gasteiger partial charge in [0, 0.05) is 26.2 Å². The topological polar surface area (TPSA) is 75.4 Å². The maximum atomic E-state index is 13.1. The van der Waals surface area contributed by atoms with E-state index in [4.69, 9.17) is 5.73 Å². The van der Waals surface area contributed by atoms with Gasteiger partial charge in [-0.05, 0) is 25.0 Å². The Morgan fingerprint density at radius 2 is 1.96 bits per heavy atom. The molecule has 1 aliphatic rings. The zero-order valence-corrected chi connectivity index (χ0v) is 14.3. The van der Waals surface area contributed by atoms with E-state index < -0.39 is 23.6 Å². The van der Waals surface area contributed by atoms with Crippen molar-refractivity contribution < 1.29 is 22.8 Å². The molecule has 0 aromatic heterocycles. The van der Waals surface area contributed by atoms with E-state index in [1.807, 2.05) is 0 Å². The molecule has 1 atom stereocenters. The summed E-state index contributed by atoms with van der Waals surface area (Å²) in [4.78, 5) is 25.8. The van der Waals surface area contributed by atoms with Gasteiger partial charge in [-0.3, -0.25) is 9.59 Å². The summed E-state index contributed by atoms with van der Waals surface area (Å²) in [6, 6.07) is 4.71. The molecule has 1 fully saturated rings. The minimum Gasteiger partial charge on any atom is -0.355 e. The number of halogens is 4. The molecule has 0 aliphatic carbocycles. The van der Waals surface area contributed by atoms with Gasteiger partial charge in [0.1, 0.15) is 0 Å². The van der Waals surface area contributed by atoms with Crippen LogP contribution in [-0.4, -0.2) is 42.9 Å². The Labute approximate surface area is 150 Å². The lowest BCUT2D eigenvalue weighted by atomic mass is 9.95. The number of hydrogen-bond acceptors (Lipinski definition) is 3. The third-order valence-corrected chi connectivity index (χ3v) is 3.99. The van der Waals surface area contributed by atoms with E-state index in [0.29, 0.717) is 32.5 Å². The van der Waals surface area contributed by atoms with Crippen molar-refractivity contribution in [2.24, 2.45) is 11.7 Å². The summed E-state index contributed by atoms with van der Waals surface area (Å²) in [5.74, 6) is -1.34. The maximum Gasteiger partial charge on any atom is 0.417 e. The quantitative estimate of drug-likeness (QED) is 0.840. The van der Waals surface area contributed by atoms with Gasteiger partial charge in [0.25, 0.3) is 5.91 Å². The number of nitrogens with zero attached hydrogens (tertiary/aromatic N) is 1. The molecular formula is C16H21ClF3N3O2. The molecule has 1 saturated heterocycles. The van der Waals surface area contributed by atoms with E-state index in [-0.39, 0.29) is 30.4 Å². The highest BCUT2D eigenvalue weighted by Crippen LogP contribution is 2.33. The molecule has 1 heterocycles. The third-order valence-electron chi connectivity index (χ3n) is 3.99. The van der Waals surface area contributed by atoms with Crippen LogP contribution in [0.25, 0.3) is 0 Å². The van der Waals surface area contributed by atoms with Crippen LogP contribution in [0.4, 0.5) is 13.2 Å². The zero-order valence-electron chi connectivity index (χ0n) is 13.5. The van der Waals surface area contributed by atoms with Gasteiger partial charge in [0.05, 0.1) is 17.0 Å². The van der Waals surface area contributed by atoms with Crippen molar-refractivity contribution >= 4 is 24.2 Å². The number of carbonyl (C=O) groups is 2. The van der Waals surface area contributed by atoms with Crippen LogP contribution in [0.3, 0.4) is 0 Å². The summed E-state index contributed by atoms with van der Waals surface area (Å²) >= 11 is 0. The van der Waals surface area contributed by atoms with Crippen LogP contribution in [0.1, 0.15) is 28.8 Å². The normalized spacial score (nSPS) is 17.6. The summed E-state index contributed by atoms with van der Waals surface area (Å²) < 4.78 is 39.2. The molecule has 0 saturated carbocycles. The van der Waals surface area contributed by atoms with Crippen molar-refractivity contribution in [3.05, 3.63) is 35.4 Å². The van der Waals surface area contributed by atoms with Crippen LogP contribution in [0.2, 0.25) is 0 Å². The molecule has 140 valence electrons. The van der Waals surface area contributed by atoms with Crippen LogP contribution in [0, 0.1) is 5.92 Å². The number of hydrogen-bond donors (Lipinski definition) is 2. The highest BCUT2D eigenvalue weighted by molar-refractivity contribution is 5.96. The SMILES string of the molecule is Cl.NCCNC(=O)C1CCCN(C(=O)c2ccccc2C(F)(F)F)C1. The summed E-state index contributed by atoms with van der Waals surface area (Å²) in [6.07, 6.45) is -3.43. The van der Waals surface area contributed by atoms with Gasteiger partial charge < -0.3 is 16.0 Å². The fraction of sp³-hybridized carbons (Fsp3) is 0.500. The van der Waals surface area contributed by atoms with Gasteiger partial charge in [0.15, 0.2) is 0 Å². The molecule has 0 bridgehead atoms. The first-order valence-electron chi connectivity index (χ1n) is 7.78. The molecule has 1 aliphatic heterocycles. The van der Waals surface area contributed by atoms with E-state index in [2.05, 4.69) is 5.32 Å². The van der Waals surface area contributed by atoms with Crippen molar-refractivity contribution in [1.29, 1.82) is 0 Å². The summed E-state index contributed by atoms with van der Waals surface area (Å²) in [6.45, 7) is 1.09. The third kappa shape index (κ3) is 5.34. The molecule has 1 unspecified atom stereocenters. The Balaban J connectivity index is 0.00000312. The molecule has 0 radical (unpaired) electrons. The second-order valence-electron chi connectivity index (χ2n) is 5.71. The Kier molecular flexibility index (Phi) is 7.69. The van der Waals surface area contributed by atoms with Gasteiger partial charge >= 0.3 is 6.18 Å². The molecule has 1 aromatic rings. The van der Waals surface area contributed by atoms with Crippen LogP contribution in [0.5, 0.6) is 0 Å². The molecule has 2 rings (SSSR count). The monoisotopic (exact) mass is 379 g/mol. The molecule has 2 amide bonds. The first kappa shape index (κ1) is 21.2. The van der Waals surface area contributed by atoms with Crippen LogP contribution < -0.4 is 11.1 Å². The second-order valence-corrected chi connectivity index (χ2v) is 5.71. The van der Waals surface area contributed by atoms with Crippen molar-refractivity contribution in [3.8, 4) is 0 Å². The highest BCUT2D eigenvalue weighted by atomic mass is 35.5. The number of likely N-dealkylation sites (tertiary alicyclic amines) is 1. The largest absolute Gasteiger partial charge is 0.417 e. The number of alkyl halides is 3. The van der Waals surface area contributed by atoms with E-state index >= 15 is 0 Å². The zero-order chi connectivity index (χ0) is 17.7. The van der Waals surface area contributed by atoms with E-state index in [1.165, 1.54) is 23.1 Å². The van der Waals surface area contributed by atoms with Gasteiger partial charge in [-0.2, -0.15) is 13.2 Å². The van der Waals surface area contributed by atoms with Crippen molar-refractivity contribution in [2.45, 2.75) is 19.0 Å². The number of carbonyl (C=O) groups excluding carboxylic acids is 2. The number of amides is 2. The Hall–Kier alpha value is -1.80. The lowest BCUT2D eigenvalue weighted by Crippen LogP contribution is -2.46. The molecular weight excluding hydrogens is 359 g/mol. The summed E-state index contributed by atoms with van der Waals surface area (Å²) in [5.41, 5.74) is 3.99. The van der Waals surface area contributed by atoms with E-state index in [0.717, 1.165) is 6.07 Å². The minimum absolute atomic E-state index is 0. The fourth-order valence-corrected chi connectivity index (χ4v) is 2.80. The maximum absolute atomic E-state index is 13.1. The Bertz CT molecular complexity index is 611. The lowest BCUT2D eigenvalue weighted by molar-refractivity contribution is -0.138. The smallest absolute Gasteiger partial charge is 0.355 e. The number of nitrogens with two attached hydrogens (primary N) is 1. The molecule has 0 spiro atoms. The summed E-state index contributed by atoms with van der Waals surface area (Å²) in [5, 5.41) is 2.66. The van der Waals surface area contributed by atoms with Gasteiger partial charge in [-0.1, -0.05) is 12.1 Å². The first-order chi connectivity index (χ1) is 11.3. The predicted molar refractivity (Wildman–Crippen MR) is 89.4 cm³/mol. The average molecular weight is 380 g/mol. The molecule has 5 nitrogen and oxygen atoms in total. The van der Waals surface area contributed by atoms with Gasteiger partial charge in [0.2, 0.25) is 5.91 Å². The molecule has 9 heteroatoms. The molecule has 25 heavy (non-hydrogen) atoms. The highest BCUT2D eigenvalue weighted by Gasteiger charge is 2.37. The number of rotatable bonds is 4. The minimum atomic E-state index is -4.60. The van der Waals surface area contributed by atoms with Crippen LogP contribution >= 0.6 is 12.4 Å². The van der Waals surface area contributed by atoms with Crippen molar-refractivity contribution in [1.82, 2.24) is 10.2 Å². The van der Waals surface area contributed by atoms with Gasteiger partial charge in [-0.25, -0.2) is 0 Å². The predicted octanol–water partition coefficient (Wildman–Crippen LogP) is 2.05. The van der Waals surface area contributed by atoms with Crippen LogP contribution in [0.15, 0.2) is 24.3 Å². The lowest BCUT2D eigenvalue weighted by Gasteiger charge is -2.32. The van der Waals surface area contributed by atoms with Crippen LogP contribution in [-0.2, 0) is 11.0 Å². The number of benzene rings is 1. The first-order valence-corrected chi connectivity index (χ1v) is 7.78. The van der Waals surface area contributed by atoms with Crippen molar-refractivity contribution in [2.75, 3.05) is 26.2 Å². The van der Waals surface area contributed by atoms with Gasteiger partial charge in [-0.15, -0.1) is 12.4 Å². The summed E-state index contributed by atoms with van der Waals surface area (Å²) in [7, 11) is 0. The molecule has 1 aromatic carbocycles. The van der Waals surface area contributed by atoms with E-state index in [1.54, 1.807) is 0 Å². The van der Waals surface area contributed by atoms with E-state index in [9.17, 15) is 22.8 Å². The number of piperidine rings is 1. The fourth-order valence-electron chi connectivity index (χ4n) is 2.80. The standard InChI is InChI=1S/C16H20F3N3O2.ClH/c17-16(18,19)13-6-2-1-5-12(13)15(24)22-9-3-4-11(10-22)14(23)21-8-7-20;/h1-2,5-6,11H,3-4,7-10,20H2,(H,21,23);1H. The molecule has 3 N–H and O–H groups in total. The Morgan fingerprint density at radius 1 is 1.28 bits per heavy atom. The Morgan fingerprint density at radius 3 is 2.60 bits per heavy atom.